The maximum atomic E-state index is 13.1. The van der Waals surface area contributed by atoms with Crippen LogP contribution in [0.15, 0.2) is 18.2 Å². The normalized spacial score (nSPS) is 17.5. The molecule has 17 heavy (non-hydrogen) atoms. The van der Waals surface area contributed by atoms with Crippen molar-refractivity contribution in [3.8, 4) is 0 Å². The number of nitrogens with one attached hydrogen (secondary N) is 2. The number of nitrogens with zero attached hydrogens (tertiary/aromatic N) is 1. The number of hydrogen-bond acceptors (Lipinski definition) is 4. The Balaban J connectivity index is 1.80. The summed E-state index contributed by atoms with van der Waals surface area (Å²) in [6.45, 7) is 2.11. The molecule has 0 saturated carbocycles. The molecule has 3 nitrogen and oxygen atoms in total. The van der Waals surface area contributed by atoms with Crippen molar-refractivity contribution in [2.45, 2.75) is 18.9 Å². The third-order valence-corrected chi connectivity index (χ3v) is 3.97. The molecule has 0 radical (unpaired) electrons. The van der Waals surface area contributed by atoms with Crippen LogP contribution in [0.3, 0.4) is 0 Å². The Morgan fingerprint density at radius 2 is 2.18 bits per heavy atom. The molecule has 0 unspecified atom stereocenters. The van der Waals surface area contributed by atoms with Crippen molar-refractivity contribution in [1.82, 2.24) is 10.3 Å². The molecule has 0 spiro atoms. The van der Waals surface area contributed by atoms with Gasteiger partial charge in [-0.1, -0.05) is 11.3 Å². The molecule has 1 aromatic carbocycles. The van der Waals surface area contributed by atoms with E-state index in [4.69, 9.17) is 0 Å². The van der Waals surface area contributed by atoms with Gasteiger partial charge in [-0.2, -0.15) is 0 Å². The first kappa shape index (κ1) is 10.9. The first-order chi connectivity index (χ1) is 8.31. The van der Waals surface area contributed by atoms with Crippen LogP contribution in [0.2, 0.25) is 0 Å². The zero-order valence-corrected chi connectivity index (χ0v) is 10.2. The van der Waals surface area contributed by atoms with Gasteiger partial charge in [0.2, 0.25) is 0 Å². The number of halogens is 1. The Morgan fingerprint density at radius 1 is 1.35 bits per heavy atom. The van der Waals surface area contributed by atoms with E-state index >= 15 is 0 Å². The molecule has 1 aliphatic heterocycles. The van der Waals surface area contributed by atoms with Gasteiger partial charge in [0, 0.05) is 6.04 Å². The van der Waals surface area contributed by atoms with Gasteiger partial charge < -0.3 is 10.6 Å². The smallest absolute Gasteiger partial charge is 0.184 e. The van der Waals surface area contributed by atoms with Gasteiger partial charge in [0.15, 0.2) is 5.13 Å². The van der Waals surface area contributed by atoms with Gasteiger partial charge >= 0.3 is 0 Å². The Morgan fingerprint density at radius 3 is 3.00 bits per heavy atom. The third-order valence-electron chi connectivity index (χ3n) is 3.02. The van der Waals surface area contributed by atoms with Crippen LogP contribution in [0, 0.1) is 5.82 Å². The van der Waals surface area contributed by atoms with Gasteiger partial charge in [-0.25, -0.2) is 9.37 Å². The minimum atomic E-state index is -0.199. The quantitative estimate of drug-likeness (QED) is 0.861. The van der Waals surface area contributed by atoms with Gasteiger partial charge in [0.05, 0.1) is 10.2 Å². The van der Waals surface area contributed by atoms with Crippen LogP contribution in [-0.4, -0.2) is 24.1 Å². The van der Waals surface area contributed by atoms with Crippen LogP contribution in [0.1, 0.15) is 12.8 Å². The fourth-order valence-electron chi connectivity index (χ4n) is 2.10. The average Bonchev–Trinajstić information content (AvgIpc) is 2.71. The summed E-state index contributed by atoms with van der Waals surface area (Å²) in [5.74, 6) is -0.199. The van der Waals surface area contributed by atoms with Crippen LogP contribution in [0.4, 0.5) is 9.52 Å². The fraction of sp³-hybridized carbons (Fsp3) is 0.417. The van der Waals surface area contributed by atoms with Crippen molar-refractivity contribution in [3.05, 3.63) is 24.0 Å². The number of anilines is 1. The van der Waals surface area contributed by atoms with Crippen molar-refractivity contribution in [2.75, 3.05) is 18.4 Å². The Bertz CT molecular complexity index is 519. The van der Waals surface area contributed by atoms with Crippen molar-refractivity contribution < 1.29 is 4.39 Å². The second-order valence-electron chi connectivity index (χ2n) is 4.30. The summed E-state index contributed by atoms with van der Waals surface area (Å²) < 4.78 is 14.0. The second kappa shape index (κ2) is 4.58. The van der Waals surface area contributed by atoms with Gasteiger partial charge in [-0.05, 0) is 44.1 Å². The molecule has 3 rings (SSSR count). The average molecular weight is 251 g/mol. The number of rotatable bonds is 2. The largest absolute Gasteiger partial charge is 0.359 e. The maximum absolute atomic E-state index is 13.1. The lowest BCUT2D eigenvalue weighted by Crippen LogP contribution is -2.35. The summed E-state index contributed by atoms with van der Waals surface area (Å²) in [4.78, 5) is 4.47. The van der Waals surface area contributed by atoms with Gasteiger partial charge in [0.25, 0.3) is 0 Å². The van der Waals surface area contributed by atoms with E-state index in [0.29, 0.717) is 6.04 Å². The van der Waals surface area contributed by atoms with Crippen molar-refractivity contribution in [2.24, 2.45) is 0 Å². The Labute approximate surface area is 103 Å². The third kappa shape index (κ3) is 2.40. The molecule has 0 bridgehead atoms. The number of thiazole rings is 1. The first-order valence-electron chi connectivity index (χ1n) is 5.84. The molecular weight excluding hydrogens is 237 g/mol. The lowest BCUT2D eigenvalue weighted by atomic mass is 10.1. The number of benzene rings is 1. The first-order valence-corrected chi connectivity index (χ1v) is 6.66. The van der Waals surface area contributed by atoms with Gasteiger partial charge in [0.1, 0.15) is 5.82 Å². The molecule has 0 amide bonds. The molecule has 90 valence electrons. The SMILES string of the molecule is Fc1ccc2nc(NC3CCNCC3)sc2c1. The zero-order chi connectivity index (χ0) is 11.7. The highest BCUT2D eigenvalue weighted by atomic mass is 32.1. The number of hydrogen-bond donors (Lipinski definition) is 2. The van der Waals surface area contributed by atoms with Crippen LogP contribution >= 0.6 is 11.3 Å². The minimum Gasteiger partial charge on any atom is -0.359 e. The molecule has 2 aromatic rings. The van der Waals surface area contributed by atoms with Crippen LogP contribution in [-0.2, 0) is 0 Å². The molecule has 0 atom stereocenters. The van der Waals surface area contributed by atoms with E-state index in [1.807, 2.05) is 0 Å². The highest BCUT2D eigenvalue weighted by Crippen LogP contribution is 2.27. The molecule has 5 heteroatoms. The lowest BCUT2D eigenvalue weighted by Gasteiger charge is -2.23. The minimum absolute atomic E-state index is 0.199. The Hall–Kier alpha value is -1.20. The lowest BCUT2D eigenvalue weighted by molar-refractivity contribution is 0.479. The highest BCUT2D eigenvalue weighted by molar-refractivity contribution is 7.22. The van der Waals surface area contributed by atoms with E-state index in [9.17, 15) is 4.39 Å². The van der Waals surface area contributed by atoms with E-state index in [1.54, 1.807) is 12.1 Å². The summed E-state index contributed by atoms with van der Waals surface area (Å²) in [5, 5.41) is 7.66. The van der Waals surface area contributed by atoms with Crippen LogP contribution in [0.5, 0.6) is 0 Å². The molecule has 2 heterocycles. The summed E-state index contributed by atoms with van der Waals surface area (Å²) in [5.41, 5.74) is 0.868. The van der Waals surface area contributed by atoms with Crippen LogP contribution < -0.4 is 10.6 Å². The fourth-order valence-corrected chi connectivity index (χ4v) is 3.07. The van der Waals surface area contributed by atoms with E-state index < -0.39 is 0 Å². The summed E-state index contributed by atoms with van der Waals surface area (Å²) in [6.07, 6.45) is 2.23. The second-order valence-corrected chi connectivity index (χ2v) is 5.33. The topological polar surface area (TPSA) is 37.0 Å². The van der Waals surface area contributed by atoms with Gasteiger partial charge in [-0.15, -0.1) is 0 Å². The molecule has 1 saturated heterocycles. The molecular formula is C12H14FN3S. The van der Waals surface area contributed by atoms with E-state index in [0.717, 1.165) is 41.3 Å². The zero-order valence-electron chi connectivity index (χ0n) is 9.37. The summed E-state index contributed by atoms with van der Waals surface area (Å²) in [7, 11) is 0. The van der Waals surface area contributed by atoms with E-state index in [2.05, 4.69) is 15.6 Å². The van der Waals surface area contributed by atoms with Gasteiger partial charge in [-0.3, -0.25) is 0 Å². The number of piperidine rings is 1. The number of fused-ring (bicyclic) bond motifs is 1. The van der Waals surface area contributed by atoms with Crippen molar-refractivity contribution in [3.63, 3.8) is 0 Å². The molecule has 0 aliphatic carbocycles. The predicted octanol–water partition coefficient (Wildman–Crippen LogP) is 2.60. The monoisotopic (exact) mass is 251 g/mol. The molecule has 1 fully saturated rings. The van der Waals surface area contributed by atoms with E-state index in [-0.39, 0.29) is 5.82 Å². The summed E-state index contributed by atoms with van der Waals surface area (Å²) in [6, 6.07) is 5.22. The van der Waals surface area contributed by atoms with Crippen molar-refractivity contribution >= 4 is 26.7 Å². The van der Waals surface area contributed by atoms with Crippen molar-refractivity contribution in [1.29, 1.82) is 0 Å². The van der Waals surface area contributed by atoms with Crippen LogP contribution in [0.25, 0.3) is 10.2 Å². The molecule has 1 aromatic heterocycles. The highest BCUT2D eigenvalue weighted by Gasteiger charge is 2.14. The predicted molar refractivity (Wildman–Crippen MR) is 69.1 cm³/mol. The molecule has 1 aliphatic rings. The molecule has 2 N–H and O–H groups in total. The van der Waals surface area contributed by atoms with E-state index in [1.165, 1.54) is 17.4 Å². The summed E-state index contributed by atoms with van der Waals surface area (Å²) >= 11 is 1.52. The number of aromatic nitrogens is 1. The standard InChI is InChI=1S/C12H14FN3S/c13-8-1-2-10-11(7-8)17-12(16-10)15-9-3-5-14-6-4-9/h1-2,7,9,14H,3-6H2,(H,15,16). The Kier molecular flexibility index (Phi) is 2.94. The maximum Gasteiger partial charge on any atom is 0.184 e.